The summed E-state index contributed by atoms with van der Waals surface area (Å²) in [6, 6.07) is 3.67. The third kappa shape index (κ3) is 3.81. The zero-order valence-corrected chi connectivity index (χ0v) is 11.5. The van der Waals surface area contributed by atoms with Gasteiger partial charge in [-0.3, -0.25) is 14.5 Å². The highest BCUT2D eigenvalue weighted by Crippen LogP contribution is 2.13. The summed E-state index contributed by atoms with van der Waals surface area (Å²) in [4.78, 5) is 16.2. The van der Waals surface area contributed by atoms with Gasteiger partial charge in [0.2, 0.25) is 0 Å². The van der Waals surface area contributed by atoms with Gasteiger partial charge in [-0.1, -0.05) is 6.92 Å². The lowest BCUT2D eigenvalue weighted by Gasteiger charge is -2.11. The number of hydrogen-bond donors (Lipinski definition) is 2. The Balaban J connectivity index is 1.91. The van der Waals surface area contributed by atoms with Gasteiger partial charge in [0.1, 0.15) is 0 Å². The van der Waals surface area contributed by atoms with Crippen LogP contribution in [0.1, 0.15) is 23.7 Å². The number of nitrogens with zero attached hydrogens (tertiary/aromatic N) is 3. The van der Waals surface area contributed by atoms with E-state index in [2.05, 4.69) is 27.6 Å². The minimum absolute atomic E-state index is 0.121. The Bertz CT molecular complexity index is 538. The number of carbonyl (C=O) groups excluding carboxylic acids is 1. The van der Waals surface area contributed by atoms with E-state index in [1.165, 1.54) is 0 Å². The van der Waals surface area contributed by atoms with Crippen molar-refractivity contribution >= 4 is 11.6 Å². The zero-order valence-electron chi connectivity index (χ0n) is 11.5. The summed E-state index contributed by atoms with van der Waals surface area (Å²) < 4.78 is 1.78. The molecule has 0 spiro atoms. The van der Waals surface area contributed by atoms with E-state index in [0.717, 1.165) is 18.7 Å². The Kier molecular flexibility index (Phi) is 5.11. The van der Waals surface area contributed by atoms with Gasteiger partial charge in [0, 0.05) is 37.9 Å². The Morgan fingerprint density at radius 3 is 3.00 bits per heavy atom. The molecule has 0 aliphatic rings. The van der Waals surface area contributed by atoms with E-state index in [1.54, 1.807) is 23.3 Å². The van der Waals surface area contributed by atoms with Gasteiger partial charge >= 0.3 is 0 Å². The summed E-state index contributed by atoms with van der Waals surface area (Å²) in [5.74, 6) is -0.121. The molecule has 0 aliphatic carbocycles. The van der Waals surface area contributed by atoms with Crippen molar-refractivity contribution in [3.8, 4) is 0 Å². The Hall–Kier alpha value is -2.37. The highest BCUT2D eigenvalue weighted by atomic mass is 16.1. The minimum atomic E-state index is -0.121. The van der Waals surface area contributed by atoms with E-state index < -0.39 is 0 Å². The zero-order chi connectivity index (χ0) is 14.2. The van der Waals surface area contributed by atoms with Gasteiger partial charge in [-0.05, 0) is 18.6 Å². The molecule has 2 N–H and O–H groups in total. The van der Waals surface area contributed by atoms with Crippen molar-refractivity contribution in [1.29, 1.82) is 0 Å². The van der Waals surface area contributed by atoms with Crippen molar-refractivity contribution in [3.05, 3.63) is 42.5 Å². The molecule has 0 unspecified atom stereocenters. The van der Waals surface area contributed by atoms with Crippen molar-refractivity contribution in [2.45, 2.75) is 19.9 Å². The molecular formula is C14H19N5O. The third-order valence-electron chi connectivity index (χ3n) is 2.82. The highest BCUT2D eigenvalue weighted by molar-refractivity contribution is 5.99. The predicted octanol–water partition coefficient (Wildman–Crippen LogP) is 1.53. The van der Waals surface area contributed by atoms with Gasteiger partial charge in [0.25, 0.3) is 5.91 Å². The van der Waals surface area contributed by atoms with Crippen molar-refractivity contribution in [1.82, 2.24) is 20.1 Å². The number of rotatable bonds is 7. The molecule has 6 nitrogen and oxygen atoms in total. The number of aromatic nitrogens is 3. The molecule has 0 aromatic carbocycles. The maximum atomic E-state index is 12.1. The summed E-state index contributed by atoms with van der Waals surface area (Å²) >= 11 is 0. The monoisotopic (exact) mass is 273 g/mol. The van der Waals surface area contributed by atoms with Crippen LogP contribution in [0.25, 0.3) is 0 Å². The maximum Gasteiger partial charge on any atom is 0.255 e. The van der Waals surface area contributed by atoms with Gasteiger partial charge in [0.05, 0.1) is 17.8 Å². The number of nitrogens with one attached hydrogen (secondary N) is 2. The second-order valence-corrected chi connectivity index (χ2v) is 4.37. The first-order chi connectivity index (χ1) is 9.81. The Labute approximate surface area is 118 Å². The molecule has 0 aliphatic heterocycles. The first kappa shape index (κ1) is 14.0. The Morgan fingerprint density at radius 2 is 2.25 bits per heavy atom. The minimum Gasteiger partial charge on any atom is -0.384 e. The lowest BCUT2D eigenvalue weighted by Crippen LogP contribution is -2.28. The summed E-state index contributed by atoms with van der Waals surface area (Å²) in [6.45, 7) is 4.09. The van der Waals surface area contributed by atoms with Crippen LogP contribution >= 0.6 is 0 Å². The van der Waals surface area contributed by atoms with Crippen LogP contribution in [0, 0.1) is 0 Å². The number of pyridine rings is 1. The predicted molar refractivity (Wildman–Crippen MR) is 77.6 cm³/mol. The average molecular weight is 273 g/mol. The molecule has 6 heteroatoms. The van der Waals surface area contributed by atoms with Gasteiger partial charge in [0.15, 0.2) is 0 Å². The Morgan fingerprint density at radius 1 is 1.35 bits per heavy atom. The van der Waals surface area contributed by atoms with Crippen LogP contribution in [0.3, 0.4) is 0 Å². The van der Waals surface area contributed by atoms with E-state index in [1.807, 2.05) is 18.3 Å². The van der Waals surface area contributed by atoms with Gasteiger partial charge < -0.3 is 10.6 Å². The fourth-order valence-corrected chi connectivity index (χ4v) is 1.80. The fourth-order valence-electron chi connectivity index (χ4n) is 1.80. The summed E-state index contributed by atoms with van der Waals surface area (Å²) in [5, 5.41) is 10.2. The second-order valence-electron chi connectivity index (χ2n) is 4.37. The van der Waals surface area contributed by atoms with Gasteiger partial charge in [-0.25, -0.2) is 0 Å². The molecule has 106 valence electrons. The quantitative estimate of drug-likeness (QED) is 0.802. The smallest absolute Gasteiger partial charge is 0.255 e. The van der Waals surface area contributed by atoms with Crippen LogP contribution in [-0.2, 0) is 6.54 Å². The van der Waals surface area contributed by atoms with Gasteiger partial charge in [-0.15, -0.1) is 0 Å². The fraction of sp³-hybridized carbons (Fsp3) is 0.357. The number of carbonyl (C=O) groups is 1. The third-order valence-corrected chi connectivity index (χ3v) is 2.82. The van der Waals surface area contributed by atoms with Crippen LogP contribution in [0.5, 0.6) is 0 Å². The van der Waals surface area contributed by atoms with Crippen LogP contribution in [0.2, 0.25) is 0 Å². The average Bonchev–Trinajstić information content (AvgIpc) is 2.98. The van der Waals surface area contributed by atoms with Crippen molar-refractivity contribution in [2.75, 3.05) is 18.4 Å². The molecule has 0 fully saturated rings. The second kappa shape index (κ2) is 7.28. The van der Waals surface area contributed by atoms with Crippen LogP contribution in [-0.4, -0.2) is 33.8 Å². The standard InChI is InChI=1S/C14H19N5O/c1-2-5-16-13-4-7-15-11-12(13)14(20)17-8-10-19-9-3-6-18-19/h3-4,6-7,9,11H,2,5,8,10H2,1H3,(H,15,16)(H,17,20). The number of amides is 1. The normalized spacial score (nSPS) is 10.2. The molecule has 2 heterocycles. The SMILES string of the molecule is CCCNc1ccncc1C(=O)NCCn1cccn1. The molecule has 2 aromatic heterocycles. The van der Waals surface area contributed by atoms with E-state index in [-0.39, 0.29) is 5.91 Å². The summed E-state index contributed by atoms with van der Waals surface area (Å²) in [5.41, 5.74) is 1.39. The molecule has 20 heavy (non-hydrogen) atoms. The molecule has 1 amide bonds. The molecule has 0 bridgehead atoms. The molecule has 0 atom stereocenters. The largest absolute Gasteiger partial charge is 0.384 e. The molecule has 0 saturated heterocycles. The lowest BCUT2D eigenvalue weighted by molar-refractivity contribution is 0.0952. The molecular weight excluding hydrogens is 254 g/mol. The van der Waals surface area contributed by atoms with Crippen LogP contribution in [0.4, 0.5) is 5.69 Å². The van der Waals surface area contributed by atoms with Crippen molar-refractivity contribution in [3.63, 3.8) is 0 Å². The molecule has 2 rings (SSSR count). The first-order valence-corrected chi connectivity index (χ1v) is 6.74. The maximum absolute atomic E-state index is 12.1. The number of hydrogen-bond acceptors (Lipinski definition) is 4. The lowest BCUT2D eigenvalue weighted by atomic mass is 10.2. The van der Waals surface area contributed by atoms with Gasteiger partial charge in [-0.2, -0.15) is 5.10 Å². The first-order valence-electron chi connectivity index (χ1n) is 6.74. The van der Waals surface area contributed by atoms with Crippen molar-refractivity contribution < 1.29 is 4.79 Å². The van der Waals surface area contributed by atoms with E-state index in [0.29, 0.717) is 18.7 Å². The van der Waals surface area contributed by atoms with E-state index >= 15 is 0 Å². The van der Waals surface area contributed by atoms with E-state index in [9.17, 15) is 4.79 Å². The highest BCUT2D eigenvalue weighted by Gasteiger charge is 2.10. The molecule has 0 radical (unpaired) electrons. The van der Waals surface area contributed by atoms with Crippen LogP contribution in [0.15, 0.2) is 36.9 Å². The summed E-state index contributed by atoms with van der Waals surface area (Å²) in [7, 11) is 0. The summed E-state index contributed by atoms with van der Waals surface area (Å²) in [6.07, 6.45) is 7.85. The topological polar surface area (TPSA) is 71.8 Å². The molecule has 0 saturated carbocycles. The van der Waals surface area contributed by atoms with Crippen LogP contribution < -0.4 is 10.6 Å². The number of anilines is 1. The van der Waals surface area contributed by atoms with E-state index in [4.69, 9.17) is 0 Å². The molecule has 2 aromatic rings. The van der Waals surface area contributed by atoms with Crippen molar-refractivity contribution in [2.24, 2.45) is 0 Å².